The molecule has 0 unspecified atom stereocenters. The van der Waals surface area contributed by atoms with Gasteiger partial charge < -0.3 is 15.5 Å². The Kier molecular flexibility index (Phi) is 4.33. The number of benzene rings is 1. The van der Waals surface area contributed by atoms with Crippen molar-refractivity contribution in [2.75, 3.05) is 41.7 Å². The summed E-state index contributed by atoms with van der Waals surface area (Å²) in [5.74, 6) is 0.448. The first-order valence-electron chi connectivity index (χ1n) is 7.60. The van der Waals surface area contributed by atoms with Gasteiger partial charge in [-0.15, -0.1) is 0 Å². The van der Waals surface area contributed by atoms with Crippen LogP contribution in [0.1, 0.15) is 0 Å². The molecule has 1 saturated heterocycles. The summed E-state index contributed by atoms with van der Waals surface area (Å²) in [4.78, 5) is 28.9. The summed E-state index contributed by atoms with van der Waals surface area (Å²) in [6.07, 6.45) is 1.69. The van der Waals surface area contributed by atoms with E-state index < -0.39 is 9.85 Å². The third-order valence-electron chi connectivity index (χ3n) is 4.12. The number of nitro benzene ring substituents is 2. The van der Waals surface area contributed by atoms with Crippen molar-refractivity contribution in [3.8, 4) is 0 Å². The second-order valence-electron chi connectivity index (χ2n) is 5.60. The van der Waals surface area contributed by atoms with Gasteiger partial charge in [0.15, 0.2) is 0 Å². The Hall–Kier alpha value is -3.43. The molecule has 25 heavy (non-hydrogen) atoms. The monoisotopic (exact) mass is 344 g/mol. The Bertz CT molecular complexity index is 802. The molecule has 0 amide bonds. The molecule has 1 fully saturated rings. The lowest BCUT2D eigenvalue weighted by Gasteiger charge is -2.36. The molecule has 10 heteroatoms. The predicted octanol–water partition coefficient (Wildman–Crippen LogP) is 1.81. The van der Waals surface area contributed by atoms with Crippen molar-refractivity contribution in [3.63, 3.8) is 0 Å². The third-order valence-corrected chi connectivity index (χ3v) is 4.12. The van der Waals surface area contributed by atoms with Crippen LogP contribution in [-0.4, -0.2) is 41.0 Å². The summed E-state index contributed by atoms with van der Waals surface area (Å²) < 4.78 is 0. The molecule has 1 aromatic heterocycles. The van der Waals surface area contributed by atoms with Crippen LogP contribution in [0.3, 0.4) is 0 Å². The van der Waals surface area contributed by atoms with E-state index in [0.717, 1.165) is 11.8 Å². The quantitative estimate of drug-likeness (QED) is 0.656. The van der Waals surface area contributed by atoms with Gasteiger partial charge in [0.25, 0.3) is 11.4 Å². The Morgan fingerprint density at radius 2 is 1.64 bits per heavy atom. The van der Waals surface area contributed by atoms with Gasteiger partial charge >= 0.3 is 0 Å². The number of hydrogen-bond acceptors (Lipinski definition) is 8. The first-order valence-corrected chi connectivity index (χ1v) is 7.60. The summed E-state index contributed by atoms with van der Waals surface area (Å²) in [6.45, 7) is 2.42. The minimum Gasteiger partial charge on any atom is -0.384 e. The molecule has 2 N–H and O–H groups in total. The molecule has 0 spiro atoms. The van der Waals surface area contributed by atoms with Crippen molar-refractivity contribution in [1.82, 2.24) is 4.98 Å². The Morgan fingerprint density at radius 1 is 0.960 bits per heavy atom. The molecule has 0 radical (unpaired) electrons. The number of anilines is 3. The van der Waals surface area contributed by atoms with E-state index in [1.54, 1.807) is 12.3 Å². The highest BCUT2D eigenvalue weighted by atomic mass is 16.6. The van der Waals surface area contributed by atoms with E-state index >= 15 is 0 Å². The number of nitrogens with zero attached hydrogens (tertiary/aromatic N) is 5. The minimum atomic E-state index is -0.636. The van der Waals surface area contributed by atoms with Gasteiger partial charge in [0.05, 0.1) is 27.8 Å². The summed E-state index contributed by atoms with van der Waals surface area (Å²) >= 11 is 0. The van der Waals surface area contributed by atoms with E-state index in [0.29, 0.717) is 37.7 Å². The number of piperazine rings is 1. The van der Waals surface area contributed by atoms with E-state index in [-0.39, 0.29) is 11.4 Å². The second-order valence-corrected chi connectivity index (χ2v) is 5.60. The number of nitrogens with two attached hydrogens (primary N) is 1. The average molecular weight is 344 g/mol. The maximum atomic E-state index is 11.3. The van der Waals surface area contributed by atoms with Crippen molar-refractivity contribution in [1.29, 1.82) is 0 Å². The zero-order valence-corrected chi connectivity index (χ0v) is 13.2. The van der Waals surface area contributed by atoms with Crippen LogP contribution in [0.25, 0.3) is 0 Å². The van der Waals surface area contributed by atoms with Gasteiger partial charge in [0, 0.05) is 32.2 Å². The summed E-state index contributed by atoms with van der Waals surface area (Å²) in [6, 6.07) is 7.34. The molecular formula is C15H16N6O4. The Morgan fingerprint density at radius 3 is 2.20 bits per heavy atom. The summed E-state index contributed by atoms with van der Waals surface area (Å²) in [5, 5.41) is 22.1. The molecule has 1 aromatic carbocycles. The van der Waals surface area contributed by atoms with Crippen LogP contribution in [-0.2, 0) is 0 Å². The molecule has 1 aliphatic heterocycles. The van der Waals surface area contributed by atoms with E-state index in [1.807, 2.05) is 11.0 Å². The van der Waals surface area contributed by atoms with Crippen molar-refractivity contribution >= 4 is 28.6 Å². The van der Waals surface area contributed by atoms with Gasteiger partial charge in [-0.1, -0.05) is 0 Å². The highest BCUT2D eigenvalue weighted by Gasteiger charge is 2.26. The fourth-order valence-corrected chi connectivity index (χ4v) is 2.83. The number of hydrogen-bond donors (Lipinski definition) is 1. The van der Waals surface area contributed by atoms with Crippen LogP contribution in [0.2, 0.25) is 0 Å². The molecular weight excluding hydrogens is 328 g/mol. The molecule has 0 bridgehead atoms. The Balaban J connectivity index is 1.77. The van der Waals surface area contributed by atoms with E-state index in [1.165, 1.54) is 12.1 Å². The average Bonchev–Trinajstić information content (AvgIpc) is 2.62. The molecule has 0 saturated carbocycles. The zero-order chi connectivity index (χ0) is 18.0. The SMILES string of the molecule is Nc1ccc(N2CCN(c3ccc([N+](=O)[O-])cc3[N+](=O)[O-])CC2)cn1. The van der Waals surface area contributed by atoms with E-state index in [9.17, 15) is 20.2 Å². The van der Waals surface area contributed by atoms with Crippen LogP contribution in [0, 0.1) is 20.2 Å². The lowest BCUT2D eigenvalue weighted by Crippen LogP contribution is -2.46. The first-order chi connectivity index (χ1) is 12.0. The van der Waals surface area contributed by atoms with Crippen molar-refractivity contribution in [2.45, 2.75) is 0 Å². The summed E-state index contributed by atoms with van der Waals surface area (Å²) in [7, 11) is 0. The number of nitrogen functional groups attached to an aromatic ring is 1. The lowest BCUT2D eigenvalue weighted by atomic mass is 10.2. The molecule has 2 aromatic rings. The molecule has 0 aliphatic carbocycles. The van der Waals surface area contributed by atoms with E-state index in [4.69, 9.17) is 5.73 Å². The molecule has 10 nitrogen and oxygen atoms in total. The van der Waals surface area contributed by atoms with E-state index in [2.05, 4.69) is 9.88 Å². The maximum Gasteiger partial charge on any atom is 0.299 e. The largest absolute Gasteiger partial charge is 0.384 e. The van der Waals surface area contributed by atoms with Crippen LogP contribution in [0.15, 0.2) is 36.5 Å². The molecule has 2 heterocycles. The molecule has 130 valence electrons. The predicted molar refractivity (Wildman–Crippen MR) is 92.8 cm³/mol. The highest BCUT2D eigenvalue weighted by Crippen LogP contribution is 2.33. The van der Waals surface area contributed by atoms with Crippen LogP contribution in [0.5, 0.6) is 0 Å². The lowest BCUT2D eigenvalue weighted by molar-refractivity contribution is -0.393. The number of aromatic nitrogens is 1. The van der Waals surface area contributed by atoms with Crippen molar-refractivity contribution in [3.05, 3.63) is 56.8 Å². The Labute approximate surface area is 142 Å². The molecule has 3 rings (SSSR count). The number of pyridine rings is 1. The van der Waals surface area contributed by atoms with Gasteiger partial charge in [-0.3, -0.25) is 20.2 Å². The minimum absolute atomic E-state index is 0.253. The smallest absolute Gasteiger partial charge is 0.299 e. The van der Waals surface area contributed by atoms with Gasteiger partial charge in [0.1, 0.15) is 11.5 Å². The van der Waals surface area contributed by atoms with Crippen LogP contribution < -0.4 is 15.5 Å². The number of rotatable bonds is 4. The van der Waals surface area contributed by atoms with Gasteiger partial charge in [0.2, 0.25) is 0 Å². The normalized spacial score (nSPS) is 14.4. The number of non-ortho nitro benzene ring substituents is 1. The molecule has 0 atom stereocenters. The first kappa shape index (κ1) is 16.4. The van der Waals surface area contributed by atoms with Crippen molar-refractivity contribution in [2.24, 2.45) is 0 Å². The summed E-state index contributed by atoms with van der Waals surface area (Å²) in [5.41, 5.74) is 6.37. The van der Waals surface area contributed by atoms with Crippen LogP contribution in [0.4, 0.5) is 28.6 Å². The molecule has 1 aliphatic rings. The fourth-order valence-electron chi connectivity index (χ4n) is 2.83. The highest BCUT2D eigenvalue weighted by molar-refractivity contribution is 5.67. The second kappa shape index (κ2) is 6.59. The van der Waals surface area contributed by atoms with Gasteiger partial charge in [-0.05, 0) is 18.2 Å². The third kappa shape index (κ3) is 3.42. The zero-order valence-electron chi connectivity index (χ0n) is 13.2. The maximum absolute atomic E-state index is 11.3. The number of nitro groups is 2. The standard InChI is InChI=1S/C15H16N6O4/c16-15-4-2-12(10-17-15)18-5-7-19(8-6-18)13-3-1-11(20(22)23)9-14(13)21(24)25/h1-4,9-10H,5-8H2,(H2,16,17). The van der Waals surface area contributed by atoms with Gasteiger partial charge in [-0.2, -0.15) is 0 Å². The van der Waals surface area contributed by atoms with Crippen molar-refractivity contribution < 1.29 is 9.85 Å². The fraction of sp³-hybridized carbons (Fsp3) is 0.267. The van der Waals surface area contributed by atoms with Crippen LogP contribution >= 0.6 is 0 Å². The topological polar surface area (TPSA) is 132 Å². The van der Waals surface area contributed by atoms with Gasteiger partial charge in [-0.25, -0.2) is 4.98 Å².